The Morgan fingerprint density at radius 2 is 1.82 bits per heavy atom. The topological polar surface area (TPSA) is 44.8 Å². The van der Waals surface area contributed by atoms with Crippen LogP contribution in [0.3, 0.4) is 0 Å². The van der Waals surface area contributed by atoms with Crippen molar-refractivity contribution >= 4 is 5.97 Å². The molecule has 4 aliphatic carbocycles. The van der Waals surface area contributed by atoms with Crippen molar-refractivity contribution in [2.75, 3.05) is 6.61 Å². The largest absolute Gasteiger partial charge is 0.458 e. The summed E-state index contributed by atoms with van der Waals surface area (Å²) in [4.78, 5) is 12.7. The van der Waals surface area contributed by atoms with Gasteiger partial charge in [-0.05, 0) is 97.5 Å². The zero-order valence-corrected chi connectivity index (χ0v) is 23.8. The molecule has 0 N–H and O–H groups in total. The molecule has 1 aromatic carbocycles. The van der Waals surface area contributed by atoms with Gasteiger partial charge in [0.2, 0.25) is 0 Å². The number of fused-ring (bicyclic) bond motifs is 7. The molecule has 3 saturated carbocycles. The van der Waals surface area contributed by atoms with Crippen molar-refractivity contribution in [1.82, 2.24) is 0 Å². The second-order valence-electron chi connectivity index (χ2n) is 14.4. The highest BCUT2D eigenvalue weighted by Crippen LogP contribution is 2.70. The van der Waals surface area contributed by atoms with E-state index in [2.05, 4.69) is 33.8 Å². The van der Waals surface area contributed by atoms with Crippen LogP contribution in [0.15, 0.2) is 42.0 Å². The van der Waals surface area contributed by atoms with Gasteiger partial charge in [-0.3, -0.25) is 0 Å². The molecule has 11 atom stereocenters. The van der Waals surface area contributed by atoms with Crippen LogP contribution in [0.5, 0.6) is 0 Å². The van der Waals surface area contributed by atoms with Crippen molar-refractivity contribution in [2.45, 2.75) is 103 Å². The molecule has 4 heteroatoms. The maximum absolute atomic E-state index is 12.7. The third-order valence-electron chi connectivity index (χ3n) is 12.6. The molecule has 38 heavy (non-hydrogen) atoms. The highest BCUT2D eigenvalue weighted by molar-refractivity contribution is 5.89. The summed E-state index contributed by atoms with van der Waals surface area (Å²) in [6.07, 6.45) is 13.3. The predicted molar refractivity (Wildman–Crippen MR) is 147 cm³/mol. The monoisotopic (exact) mass is 518 g/mol. The number of hydrogen-bond acceptors (Lipinski definition) is 4. The summed E-state index contributed by atoms with van der Waals surface area (Å²) in [5, 5.41) is 0. The quantitative estimate of drug-likeness (QED) is 0.299. The summed E-state index contributed by atoms with van der Waals surface area (Å²) < 4.78 is 19.5. The fourth-order valence-electron chi connectivity index (χ4n) is 10.5. The Morgan fingerprint density at radius 1 is 1.00 bits per heavy atom. The summed E-state index contributed by atoms with van der Waals surface area (Å²) in [6, 6.07) is 9.45. The average Bonchev–Trinajstić information content (AvgIpc) is 3.36. The van der Waals surface area contributed by atoms with E-state index < -0.39 is 0 Å². The van der Waals surface area contributed by atoms with Crippen LogP contribution in [-0.4, -0.2) is 30.6 Å². The minimum atomic E-state index is -0.326. The fraction of sp³-hybridized carbons (Fsp3) is 0.735. The molecule has 4 nitrogen and oxygen atoms in total. The molecule has 6 aliphatic rings. The molecule has 5 fully saturated rings. The van der Waals surface area contributed by atoms with E-state index in [0.29, 0.717) is 34.8 Å². The van der Waals surface area contributed by atoms with Crippen LogP contribution in [-0.2, 0) is 14.2 Å². The minimum Gasteiger partial charge on any atom is -0.458 e. The summed E-state index contributed by atoms with van der Waals surface area (Å²) >= 11 is 0. The molecule has 0 unspecified atom stereocenters. The van der Waals surface area contributed by atoms with Gasteiger partial charge in [-0.2, -0.15) is 0 Å². The summed E-state index contributed by atoms with van der Waals surface area (Å²) in [7, 11) is 0. The van der Waals surface area contributed by atoms with E-state index in [1.54, 1.807) is 5.57 Å². The number of ether oxygens (including phenoxy) is 3. The van der Waals surface area contributed by atoms with E-state index in [0.717, 1.165) is 50.0 Å². The van der Waals surface area contributed by atoms with Crippen LogP contribution in [0.1, 0.15) is 95.8 Å². The molecule has 2 saturated heterocycles. The van der Waals surface area contributed by atoms with Gasteiger partial charge in [0.25, 0.3) is 0 Å². The average molecular weight is 519 g/mol. The lowest BCUT2D eigenvalue weighted by Crippen LogP contribution is -2.52. The van der Waals surface area contributed by atoms with Crippen molar-refractivity contribution in [3.05, 3.63) is 47.5 Å². The number of esters is 1. The molecule has 206 valence electrons. The lowest BCUT2D eigenvalue weighted by atomic mass is 9.47. The van der Waals surface area contributed by atoms with Gasteiger partial charge in [-0.25, -0.2) is 4.79 Å². The first-order valence-corrected chi connectivity index (χ1v) is 15.5. The van der Waals surface area contributed by atoms with Gasteiger partial charge in [0.1, 0.15) is 6.10 Å². The molecule has 0 radical (unpaired) electrons. The molecule has 0 bridgehead atoms. The standard InChI is InChI=1S/C34H46O4/c1-21-12-17-34(36-20-21)22(2)30-29(38-34)19-28-26-11-10-24-18-25(37-31(35)23-8-6-5-7-9-23)13-15-32(24,3)27(26)14-16-33(28,30)4/h5-10,21-22,25-30H,11-20H2,1-4H3/t21-,22+,25+,26+,27+,28-,29+,30+,32+,33+,34+/m1/s1. The summed E-state index contributed by atoms with van der Waals surface area (Å²) in [5.41, 5.74) is 2.81. The molecule has 2 heterocycles. The van der Waals surface area contributed by atoms with E-state index >= 15 is 0 Å². The van der Waals surface area contributed by atoms with Gasteiger partial charge < -0.3 is 14.2 Å². The van der Waals surface area contributed by atoms with Crippen LogP contribution in [0, 0.1) is 46.3 Å². The Morgan fingerprint density at radius 3 is 2.58 bits per heavy atom. The number of carbonyl (C=O) groups excluding carboxylic acids is 1. The molecule has 0 aromatic heterocycles. The van der Waals surface area contributed by atoms with Crippen LogP contribution in [0.25, 0.3) is 0 Å². The Balaban J connectivity index is 1.08. The van der Waals surface area contributed by atoms with Gasteiger partial charge in [0, 0.05) is 18.8 Å². The van der Waals surface area contributed by atoms with Crippen molar-refractivity contribution in [3.63, 3.8) is 0 Å². The molecule has 1 spiro atoms. The minimum absolute atomic E-state index is 0.00178. The van der Waals surface area contributed by atoms with Crippen molar-refractivity contribution in [2.24, 2.45) is 46.3 Å². The van der Waals surface area contributed by atoms with E-state index in [1.165, 1.54) is 32.1 Å². The first-order chi connectivity index (χ1) is 18.2. The molecule has 0 amide bonds. The molecular weight excluding hydrogens is 472 g/mol. The second-order valence-corrected chi connectivity index (χ2v) is 14.4. The van der Waals surface area contributed by atoms with E-state index in [9.17, 15) is 4.79 Å². The van der Waals surface area contributed by atoms with E-state index in [-0.39, 0.29) is 23.3 Å². The van der Waals surface area contributed by atoms with Crippen LogP contribution in [0.2, 0.25) is 0 Å². The fourth-order valence-corrected chi connectivity index (χ4v) is 10.5. The Labute approximate surface area is 228 Å². The van der Waals surface area contributed by atoms with Crippen LogP contribution >= 0.6 is 0 Å². The molecule has 2 aliphatic heterocycles. The van der Waals surface area contributed by atoms with Gasteiger partial charge >= 0.3 is 5.97 Å². The van der Waals surface area contributed by atoms with Gasteiger partial charge in [0.15, 0.2) is 5.79 Å². The first-order valence-electron chi connectivity index (χ1n) is 15.5. The smallest absolute Gasteiger partial charge is 0.338 e. The zero-order chi connectivity index (χ0) is 26.3. The Kier molecular flexibility index (Phi) is 5.95. The predicted octanol–water partition coefficient (Wildman–Crippen LogP) is 7.58. The Bertz CT molecular complexity index is 1100. The van der Waals surface area contributed by atoms with Crippen molar-refractivity contribution < 1.29 is 19.0 Å². The highest BCUT2D eigenvalue weighted by atomic mass is 16.7. The number of hydrogen-bond donors (Lipinski definition) is 0. The van der Waals surface area contributed by atoms with Crippen molar-refractivity contribution in [1.29, 1.82) is 0 Å². The normalized spacial score (nSPS) is 49.4. The first kappa shape index (κ1) is 25.3. The zero-order valence-electron chi connectivity index (χ0n) is 23.8. The Hall–Kier alpha value is -1.65. The van der Waals surface area contributed by atoms with Gasteiger partial charge in [0.05, 0.1) is 18.3 Å². The summed E-state index contributed by atoms with van der Waals surface area (Å²) in [5.74, 6) is 3.46. The third-order valence-corrected chi connectivity index (χ3v) is 12.6. The molecule has 7 rings (SSSR count). The lowest BCUT2D eigenvalue weighted by Gasteiger charge is -2.58. The van der Waals surface area contributed by atoms with Crippen LogP contribution < -0.4 is 0 Å². The number of allylic oxidation sites excluding steroid dienone is 1. The maximum Gasteiger partial charge on any atom is 0.338 e. The number of carbonyl (C=O) groups is 1. The second kappa shape index (κ2) is 8.93. The van der Waals surface area contributed by atoms with E-state index in [1.807, 2.05) is 30.3 Å². The SMILES string of the molecule is C[C@@H]1CC[C@]2(OC1)O[C@H]1C[C@@H]3[C@H]4CC=C5C[C@@H](OC(=O)c6ccccc6)CC[C@]5(C)[C@H]4CC[C@]3(C)[C@H]1[C@@H]2C. The van der Waals surface area contributed by atoms with E-state index in [4.69, 9.17) is 14.2 Å². The summed E-state index contributed by atoms with van der Waals surface area (Å²) in [6.45, 7) is 10.7. The van der Waals surface area contributed by atoms with Crippen molar-refractivity contribution in [3.8, 4) is 0 Å². The molecular formula is C34H46O4. The highest BCUT2D eigenvalue weighted by Gasteiger charge is 2.68. The lowest BCUT2D eigenvalue weighted by molar-refractivity contribution is -0.272. The third kappa shape index (κ3) is 3.65. The van der Waals surface area contributed by atoms with Gasteiger partial charge in [-0.15, -0.1) is 0 Å². The number of benzene rings is 1. The molecule has 1 aromatic rings. The number of rotatable bonds is 2. The van der Waals surface area contributed by atoms with Gasteiger partial charge in [-0.1, -0.05) is 57.5 Å². The van der Waals surface area contributed by atoms with Crippen LogP contribution in [0.4, 0.5) is 0 Å². The maximum atomic E-state index is 12.7.